The molecule has 0 saturated heterocycles. The molecule has 2 rings (SSSR count). The molecule has 1 aromatic carbocycles. The van der Waals surface area contributed by atoms with Crippen LogP contribution in [0.15, 0.2) is 33.9 Å². The van der Waals surface area contributed by atoms with Crippen LogP contribution in [-0.4, -0.2) is 21.9 Å². The maximum absolute atomic E-state index is 11.6. The van der Waals surface area contributed by atoms with Gasteiger partial charge in [0.15, 0.2) is 0 Å². The molecule has 0 aliphatic carbocycles. The van der Waals surface area contributed by atoms with E-state index in [-0.39, 0.29) is 6.54 Å². The second-order valence-corrected chi connectivity index (χ2v) is 6.96. The van der Waals surface area contributed by atoms with Crippen molar-refractivity contribution in [1.82, 2.24) is 15.5 Å². The second kappa shape index (κ2) is 7.50. The highest BCUT2D eigenvalue weighted by Gasteiger charge is 2.16. The first kappa shape index (κ1) is 17.3. The highest BCUT2D eigenvalue weighted by Crippen LogP contribution is 2.23. The van der Waals surface area contributed by atoms with Crippen molar-refractivity contribution in [2.24, 2.45) is 0 Å². The minimum absolute atomic E-state index is 0.146. The van der Waals surface area contributed by atoms with E-state index in [1.807, 2.05) is 12.1 Å². The van der Waals surface area contributed by atoms with Crippen LogP contribution in [-0.2, 0) is 17.0 Å². The van der Waals surface area contributed by atoms with Crippen molar-refractivity contribution in [2.45, 2.75) is 50.8 Å². The second-order valence-electron chi connectivity index (χ2n) is 6.03. The van der Waals surface area contributed by atoms with Crippen molar-refractivity contribution in [3.05, 3.63) is 41.3 Å². The molecule has 1 amide bonds. The number of benzene rings is 1. The summed E-state index contributed by atoms with van der Waals surface area (Å²) in [4.78, 5) is 11.6. The molecular formula is C16H21N3O3S. The maximum Gasteiger partial charge on any atom is 0.408 e. The van der Waals surface area contributed by atoms with Crippen molar-refractivity contribution in [2.75, 3.05) is 0 Å². The van der Waals surface area contributed by atoms with Crippen molar-refractivity contribution >= 4 is 17.9 Å². The molecule has 2 aromatic rings. The SMILES string of the molecule is Cc1ccccc1CSc1nnc(CNC(=O)OC(C)(C)C)o1. The summed E-state index contributed by atoms with van der Waals surface area (Å²) in [7, 11) is 0. The third-order valence-electron chi connectivity index (χ3n) is 2.84. The number of hydrogen-bond donors (Lipinski definition) is 1. The zero-order valence-electron chi connectivity index (χ0n) is 13.8. The zero-order valence-corrected chi connectivity index (χ0v) is 14.6. The van der Waals surface area contributed by atoms with E-state index in [1.165, 1.54) is 22.9 Å². The van der Waals surface area contributed by atoms with Crippen LogP contribution in [0.4, 0.5) is 4.79 Å². The Morgan fingerprint density at radius 3 is 2.74 bits per heavy atom. The molecule has 1 N–H and O–H groups in total. The number of ether oxygens (including phenoxy) is 1. The average Bonchev–Trinajstić information content (AvgIpc) is 2.90. The number of aromatic nitrogens is 2. The Kier molecular flexibility index (Phi) is 5.65. The minimum Gasteiger partial charge on any atom is -0.444 e. The van der Waals surface area contributed by atoms with Gasteiger partial charge in [-0.2, -0.15) is 0 Å². The van der Waals surface area contributed by atoms with Gasteiger partial charge in [-0.05, 0) is 38.8 Å². The van der Waals surface area contributed by atoms with Crippen LogP contribution >= 0.6 is 11.8 Å². The largest absolute Gasteiger partial charge is 0.444 e. The third-order valence-corrected chi connectivity index (χ3v) is 3.71. The lowest BCUT2D eigenvalue weighted by Crippen LogP contribution is -2.32. The van der Waals surface area contributed by atoms with Crippen molar-refractivity contribution < 1.29 is 13.9 Å². The smallest absolute Gasteiger partial charge is 0.408 e. The van der Waals surface area contributed by atoms with Gasteiger partial charge >= 0.3 is 6.09 Å². The molecule has 23 heavy (non-hydrogen) atoms. The molecule has 7 heteroatoms. The molecule has 0 bridgehead atoms. The summed E-state index contributed by atoms with van der Waals surface area (Å²) in [6.45, 7) is 7.63. The minimum atomic E-state index is -0.534. The first-order valence-corrected chi connectivity index (χ1v) is 8.28. The van der Waals surface area contributed by atoms with Crippen molar-refractivity contribution in [1.29, 1.82) is 0 Å². The van der Waals surface area contributed by atoms with Crippen LogP contribution in [0.25, 0.3) is 0 Å². The third kappa shape index (κ3) is 5.94. The number of amides is 1. The molecular weight excluding hydrogens is 314 g/mol. The summed E-state index contributed by atoms with van der Waals surface area (Å²) in [6.07, 6.45) is -0.509. The molecule has 0 aliphatic heterocycles. The van der Waals surface area contributed by atoms with Gasteiger partial charge in [0.2, 0.25) is 5.89 Å². The van der Waals surface area contributed by atoms with E-state index in [1.54, 1.807) is 20.8 Å². The highest BCUT2D eigenvalue weighted by molar-refractivity contribution is 7.98. The number of thioether (sulfide) groups is 1. The van der Waals surface area contributed by atoms with Crippen LogP contribution in [0.5, 0.6) is 0 Å². The number of alkyl carbamates (subject to hydrolysis) is 1. The normalized spacial score (nSPS) is 11.3. The van der Waals surface area contributed by atoms with Gasteiger partial charge in [-0.25, -0.2) is 4.79 Å². The van der Waals surface area contributed by atoms with Gasteiger partial charge in [-0.3, -0.25) is 0 Å². The van der Waals surface area contributed by atoms with E-state index in [4.69, 9.17) is 9.15 Å². The average molecular weight is 335 g/mol. The number of carbonyl (C=O) groups is 1. The topological polar surface area (TPSA) is 77.2 Å². The summed E-state index contributed by atoms with van der Waals surface area (Å²) < 4.78 is 10.6. The molecule has 0 unspecified atom stereocenters. The Bertz CT molecular complexity index is 665. The van der Waals surface area contributed by atoms with Gasteiger partial charge in [0.1, 0.15) is 5.60 Å². The van der Waals surface area contributed by atoms with Crippen LogP contribution in [0.1, 0.15) is 37.8 Å². The summed E-state index contributed by atoms with van der Waals surface area (Å²) in [6, 6.07) is 8.16. The number of aryl methyl sites for hydroxylation is 1. The van der Waals surface area contributed by atoms with Gasteiger partial charge in [0.05, 0.1) is 6.54 Å². The lowest BCUT2D eigenvalue weighted by molar-refractivity contribution is 0.0518. The molecule has 0 radical (unpaired) electrons. The molecule has 0 atom stereocenters. The molecule has 6 nitrogen and oxygen atoms in total. The zero-order chi connectivity index (χ0) is 16.9. The fourth-order valence-electron chi connectivity index (χ4n) is 1.74. The van der Waals surface area contributed by atoms with Gasteiger partial charge < -0.3 is 14.5 Å². The lowest BCUT2D eigenvalue weighted by atomic mass is 10.1. The molecule has 1 heterocycles. The number of hydrogen-bond acceptors (Lipinski definition) is 6. The summed E-state index contributed by atoms with van der Waals surface area (Å²) in [5.74, 6) is 1.11. The standard InChI is InChI=1S/C16H21N3O3S/c1-11-7-5-6-8-12(11)10-23-15-19-18-13(21-15)9-17-14(20)22-16(2,3)4/h5-8H,9-10H2,1-4H3,(H,17,20). The molecule has 1 aromatic heterocycles. The lowest BCUT2D eigenvalue weighted by Gasteiger charge is -2.19. The molecule has 0 saturated carbocycles. The first-order chi connectivity index (χ1) is 10.8. The van der Waals surface area contributed by atoms with E-state index in [9.17, 15) is 4.79 Å². The van der Waals surface area contributed by atoms with Crippen molar-refractivity contribution in [3.63, 3.8) is 0 Å². The number of nitrogens with zero attached hydrogens (tertiary/aromatic N) is 2. The Morgan fingerprint density at radius 1 is 1.30 bits per heavy atom. The maximum atomic E-state index is 11.6. The Hall–Kier alpha value is -2.02. The molecule has 124 valence electrons. The molecule has 0 aliphatic rings. The van der Waals surface area contributed by atoms with Crippen LogP contribution < -0.4 is 5.32 Å². The summed E-state index contributed by atoms with van der Waals surface area (Å²) >= 11 is 1.47. The van der Waals surface area contributed by atoms with Crippen LogP contribution in [0.3, 0.4) is 0 Å². The van der Waals surface area contributed by atoms with E-state index in [0.717, 1.165) is 5.75 Å². The van der Waals surface area contributed by atoms with Gasteiger partial charge in [-0.15, -0.1) is 10.2 Å². The fraction of sp³-hybridized carbons (Fsp3) is 0.438. The predicted molar refractivity (Wildman–Crippen MR) is 88.1 cm³/mol. The summed E-state index contributed by atoms with van der Waals surface area (Å²) in [5.41, 5.74) is 1.92. The molecule has 0 spiro atoms. The van der Waals surface area contributed by atoms with Crippen LogP contribution in [0.2, 0.25) is 0 Å². The summed E-state index contributed by atoms with van der Waals surface area (Å²) in [5, 5.41) is 10.9. The highest BCUT2D eigenvalue weighted by atomic mass is 32.2. The van der Waals surface area contributed by atoms with E-state index >= 15 is 0 Å². The van der Waals surface area contributed by atoms with Gasteiger partial charge in [0, 0.05) is 5.75 Å². The first-order valence-electron chi connectivity index (χ1n) is 7.30. The van der Waals surface area contributed by atoms with E-state index < -0.39 is 11.7 Å². The Morgan fingerprint density at radius 2 is 2.04 bits per heavy atom. The van der Waals surface area contributed by atoms with Gasteiger partial charge in [0.25, 0.3) is 5.22 Å². The monoisotopic (exact) mass is 335 g/mol. The quantitative estimate of drug-likeness (QED) is 0.840. The number of nitrogens with one attached hydrogen (secondary N) is 1. The van der Waals surface area contributed by atoms with E-state index in [2.05, 4.69) is 34.6 Å². The molecule has 0 fully saturated rings. The fourth-order valence-corrected chi connectivity index (χ4v) is 2.60. The number of carbonyl (C=O) groups excluding carboxylic acids is 1. The van der Waals surface area contributed by atoms with E-state index in [0.29, 0.717) is 11.1 Å². The Balaban J connectivity index is 1.82. The predicted octanol–water partition coefficient (Wildman–Crippen LogP) is 3.70. The Labute approximate surface area is 140 Å². The van der Waals surface area contributed by atoms with Gasteiger partial charge in [-0.1, -0.05) is 36.0 Å². The van der Waals surface area contributed by atoms with Crippen molar-refractivity contribution in [3.8, 4) is 0 Å². The van der Waals surface area contributed by atoms with Crippen LogP contribution in [0, 0.1) is 6.92 Å². The number of rotatable bonds is 5.